The Balaban J connectivity index is 2.48. The number of rotatable bonds is 3. The van der Waals surface area contributed by atoms with E-state index >= 15 is 0 Å². The summed E-state index contributed by atoms with van der Waals surface area (Å²) in [6.45, 7) is 1.87. The highest BCUT2D eigenvalue weighted by Gasteiger charge is 2.07. The molecule has 0 aliphatic rings. The smallest absolute Gasteiger partial charge is 0.308 e. The monoisotopic (exact) mass is 219 g/mol. The minimum absolute atomic E-state index is 0.313. The Morgan fingerprint density at radius 1 is 1.38 bits per heavy atom. The lowest BCUT2D eigenvalue weighted by atomic mass is 10.2. The van der Waals surface area contributed by atoms with Crippen molar-refractivity contribution in [3.8, 4) is 5.75 Å². The summed E-state index contributed by atoms with van der Waals surface area (Å²) < 4.78 is 12.1. The largest absolute Gasteiger partial charge is 0.426 e. The van der Waals surface area contributed by atoms with Crippen molar-refractivity contribution in [2.45, 2.75) is 13.7 Å². The second-order valence-electron chi connectivity index (χ2n) is 3.49. The van der Waals surface area contributed by atoms with Crippen LogP contribution in [-0.4, -0.2) is 17.6 Å². The molecule has 0 amide bonds. The van der Waals surface area contributed by atoms with Crippen LogP contribution in [0.2, 0.25) is 0 Å². The first-order valence-electron chi connectivity index (χ1n) is 4.97. The molecule has 1 aromatic carbocycles. The predicted octanol–water partition coefficient (Wildman–Crippen LogP) is 2.17. The number of carbonyl (C=O) groups is 1. The van der Waals surface area contributed by atoms with E-state index in [1.807, 2.05) is 29.0 Å². The molecule has 0 aliphatic heterocycles. The number of hydrogen-bond donors (Lipinski definition) is 0. The zero-order valence-corrected chi connectivity index (χ0v) is 9.27. The molecule has 4 heteroatoms. The molecule has 16 heavy (non-hydrogen) atoms. The third-order valence-electron chi connectivity index (χ3n) is 2.30. The zero-order chi connectivity index (χ0) is 11.5. The second kappa shape index (κ2) is 4.37. The fourth-order valence-electron chi connectivity index (χ4n) is 1.69. The van der Waals surface area contributed by atoms with Crippen molar-refractivity contribution >= 4 is 16.9 Å². The fraction of sp³-hybridized carbons (Fsp3) is 0.250. The number of esters is 1. The van der Waals surface area contributed by atoms with Gasteiger partial charge in [-0.25, -0.2) is 0 Å². The summed E-state index contributed by atoms with van der Waals surface area (Å²) in [4.78, 5) is 10.9. The van der Waals surface area contributed by atoms with Crippen LogP contribution in [0.15, 0.2) is 30.5 Å². The fourth-order valence-corrected chi connectivity index (χ4v) is 1.69. The summed E-state index contributed by atoms with van der Waals surface area (Å²) in [5, 5.41) is 0.912. The van der Waals surface area contributed by atoms with Crippen LogP contribution in [0.25, 0.3) is 10.9 Å². The Bertz CT molecular complexity index is 516. The molecule has 0 fully saturated rings. The van der Waals surface area contributed by atoms with E-state index in [0.717, 1.165) is 10.9 Å². The summed E-state index contributed by atoms with van der Waals surface area (Å²) >= 11 is 0. The predicted molar refractivity (Wildman–Crippen MR) is 60.3 cm³/mol. The summed E-state index contributed by atoms with van der Waals surface area (Å²) in [5.41, 5.74) is 0.987. The van der Waals surface area contributed by atoms with Crippen LogP contribution < -0.4 is 4.74 Å². The minimum Gasteiger partial charge on any atom is -0.426 e. The molecule has 4 nitrogen and oxygen atoms in total. The molecule has 0 atom stereocenters. The maximum absolute atomic E-state index is 10.9. The number of ether oxygens (including phenoxy) is 2. The quantitative estimate of drug-likeness (QED) is 0.586. The van der Waals surface area contributed by atoms with E-state index < -0.39 is 0 Å². The Morgan fingerprint density at radius 3 is 2.88 bits per heavy atom. The molecule has 0 saturated carbocycles. The van der Waals surface area contributed by atoms with Crippen molar-refractivity contribution in [2.75, 3.05) is 7.11 Å². The van der Waals surface area contributed by atoms with Crippen LogP contribution in [0.3, 0.4) is 0 Å². The summed E-state index contributed by atoms with van der Waals surface area (Å²) in [5.74, 6) is 0.270. The normalized spacial score (nSPS) is 10.6. The molecular weight excluding hydrogens is 206 g/mol. The van der Waals surface area contributed by atoms with E-state index in [0.29, 0.717) is 12.5 Å². The Morgan fingerprint density at radius 2 is 2.19 bits per heavy atom. The molecular formula is C12H13NO3. The van der Waals surface area contributed by atoms with Gasteiger partial charge in [0.25, 0.3) is 0 Å². The van der Waals surface area contributed by atoms with E-state index in [1.54, 1.807) is 13.2 Å². The lowest BCUT2D eigenvalue weighted by Crippen LogP contribution is -2.02. The van der Waals surface area contributed by atoms with Crippen molar-refractivity contribution in [2.24, 2.45) is 0 Å². The Labute approximate surface area is 93.4 Å². The molecule has 2 rings (SSSR count). The van der Waals surface area contributed by atoms with E-state index in [4.69, 9.17) is 9.47 Å². The molecule has 84 valence electrons. The van der Waals surface area contributed by atoms with Crippen molar-refractivity contribution in [1.29, 1.82) is 0 Å². The van der Waals surface area contributed by atoms with E-state index in [2.05, 4.69) is 0 Å². The molecule has 0 bridgehead atoms. The number of carbonyl (C=O) groups excluding carboxylic acids is 1. The van der Waals surface area contributed by atoms with Gasteiger partial charge in [-0.3, -0.25) is 4.79 Å². The molecule has 0 N–H and O–H groups in total. The average molecular weight is 219 g/mol. The van der Waals surface area contributed by atoms with Gasteiger partial charge in [0, 0.05) is 25.6 Å². The van der Waals surface area contributed by atoms with E-state index in [-0.39, 0.29) is 5.97 Å². The SMILES string of the molecule is COCn1ccc2c(OC(C)=O)cccc21. The van der Waals surface area contributed by atoms with Gasteiger partial charge >= 0.3 is 5.97 Å². The van der Waals surface area contributed by atoms with Gasteiger partial charge in [-0.15, -0.1) is 0 Å². The van der Waals surface area contributed by atoms with Gasteiger partial charge in [0.1, 0.15) is 12.5 Å². The number of methoxy groups -OCH3 is 1. The molecule has 0 spiro atoms. The topological polar surface area (TPSA) is 40.5 Å². The standard InChI is InChI=1S/C12H13NO3/c1-9(14)16-12-5-3-4-11-10(12)6-7-13(11)8-15-2/h3-7H,8H2,1-2H3. The lowest BCUT2D eigenvalue weighted by Gasteiger charge is -2.05. The third-order valence-corrected chi connectivity index (χ3v) is 2.30. The first-order valence-corrected chi connectivity index (χ1v) is 4.97. The summed E-state index contributed by atoms with van der Waals surface area (Å²) in [6, 6.07) is 7.50. The van der Waals surface area contributed by atoms with Gasteiger partial charge in [0.15, 0.2) is 0 Å². The highest BCUT2D eigenvalue weighted by Crippen LogP contribution is 2.26. The van der Waals surface area contributed by atoms with Gasteiger partial charge in [-0.2, -0.15) is 0 Å². The number of nitrogens with zero attached hydrogens (tertiary/aromatic N) is 1. The van der Waals surface area contributed by atoms with Crippen LogP contribution in [0.1, 0.15) is 6.92 Å². The van der Waals surface area contributed by atoms with Crippen molar-refractivity contribution in [3.05, 3.63) is 30.5 Å². The van der Waals surface area contributed by atoms with Crippen LogP contribution in [0.5, 0.6) is 5.75 Å². The van der Waals surface area contributed by atoms with Crippen molar-refractivity contribution < 1.29 is 14.3 Å². The zero-order valence-electron chi connectivity index (χ0n) is 9.27. The maximum atomic E-state index is 10.9. The van der Waals surface area contributed by atoms with Gasteiger partial charge in [0.05, 0.1) is 5.52 Å². The summed E-state index contributed by atoms with van der Waals surface area (Å²) in [7, 11) is 1.64. The van der Waals surface area contributed by atoms with Crippen LogP contribution in [-0.2, 0) is 16.3 Å². The van der Waals surface area contributed by atoms with Crippen LogP contribution in [0.4, 0.5) is 0 Å². The summed E-state index contributed by atoms with van der Waals surface area (Å²) in [6.07, 6.45) is 1.90. The molecule has 2 aromatic rings. The first kappa shape index (κ1) is 10.7. The maximum Gasteiger partial charge on any atom is 0.308 e. The van der Waals surface area contributed by atoms with E-state index in [9.17, 15) is 4.79 Å². The Hall–Kier alpha value is -1.81. The lowest BCUT2D eigenvalue weighted by molar-refractivity contribution is -0.131. The molecule has 0 radical (unpaired) electrons. The van der Waals surface area contributed by atoms with Gasteiger partial charge in [0.2, 0.25) is 0 Å². The average Bonchev–Trinajstić information content (AvgIpc) is 2.63. The number of aromatic nitrogens is 1. The highest BCUT2D eigenvalue weighted by atomic mass is 16.5. The number of hydrogen-bond acceptors (Lipinski definition) is 3. The molecule has 0 aliphatic carbocycles. The van der Waals surface area contributed by atoms with Crippen LogP contribution in [0, 0.1) is 0 Å². The molecule has 1 aromatic heterocycles. The second-order valence-corrected chi connectivity index (χ2v) is 3.49. The molecule has 0 saturated heterocycles. The van der Waals surface area contributed by atoms with Gasteiger partial charge in [-0.1, -0.05) is 6.07 Å². The van der Waals surface area contributed by atoms with E-state index in [1.165, 1.54) is 6.92 Å². The number of benzene rings is 1. The molecule has 0 unspecified atom stereocenters. The van der Waals surface area contributed by atoms with Gasteiger partial charge < -0.3 is 14.0 Å². The Kier molecular flexibility index (Phi) is 2.92. The third kappa shape index (κ3) is 1.92. The van der Waals surface area contributed by atoms with Crippen molar-refractivity contribution in [1.82, 2.24) is 4.57 Å². The van der Waals surface area contributed by atoms with Crippen LogP contribution >= 0.6 is 0 Å². The number of fused-ring (bicyclic) bond motifs is 1. The minimum atomic E-state index is -0.313. The molecule has 1 heterocycles. The van der Waals surface area contributed by atoms with Gasteiger partial charge in [-0.05, 0) is 18.2 Å². The van der Waals surface area contributed by atoms with Crippen molar-refractivity contribution in [3.63, 3.8) is 0 Å². The highest BCUT2D eigenvalue weighted by molar-refractivity contribution is 5.88. The first-order chi connectivity index (χ1) is 7.72.